The average molecular weight is 345 g/mol. The van der Waals surface area contributed by atoms with Crippen LogP contribution in [0.1, 0.15) is 12.8 Å². The highest BCUT2D eigenvalue weighted by molar-refractivity contribution is 5.93. The first-order chi connectivity index (χ1) is 12.8. The molecule has 0 unspecified atom stereocenters. The summed E-state index contributed by atoms with van der Waals surface area (Å²) in [5.41, 5.74) is 1.63. The van der Waals surface area contributed by atoms with Crippen molar-refractivity contribution in [2.24, 2.45) is 5.92 Å². The van der Waals surface area contributed by atoms with Crippen molar-refractivity contribution >= 4 is 23.1 Å². The molecule has 1 heterocycles. The van der Waals surface area contributed by atoms with Crippen LogP contribution in [0.2, 0.25) is 0 Å². The van der Waals surface area contributed by atoms with Crippen LogP contribution in [0.4, 0.5) is 17.2 Å². The van der Waals surface area contributed by atoms with Crippen molar-refractivity contribution in [3.63, 3.8) is 0 Å². The number of pyridine rings is 1. The smallest absolute Gasteiger partial charge is 0.227 e. The molecule has 1 aliphatic rings. The molecule has 0 radical (unpaired) electrons. The molecule has 5 nitrogen and oxygen atoms in total. The number of rotatable bonds is 6. The minimum Gasteiger partial charge on any atom is -0.457 e. The van der Waals surface area contributed by atoms with Crippen LogP contribution in [0.15, 0.2) is 72.9 Å². The van der Waals surface area contributed by atoms with Gasteiger partial charge in [-0.3, -0.25) is 4.79 Å². The van der Waals surface area contributed by atoms with Crippen molar-refractivity contribution in [1.82, 2.24) is 4.98 Å². The van der Waals surface area contributed by atoms with Crippen LogP contribution in [0.5, 0.6) is 11.5 Å². The van der Waals surface area contributed by atoms with Gasteiger partial charge in [-0.2, -0.15) is 0 Å². The Morgan fingerprint density at radius 3 is 2.23 bits per heavy atom. The Morgan fingerprint density at radius 1 is 0.885 bits per heavy atom. The summed E-state index contributed by atoms with van der Waals surface area (Å²) in [6.07, 6.45) is 3.64. The maximum Gasteiger partial charge on any atom is 0.227 e. The molecule has 0 bridgehead atoms. The maximum absolute atomic E-state index is 11.7. The zero-order chi connectivity index (χ0) is 17.8. The van der Waals surface area contributed by atoms with Gasteiger partial charge in [0.2, 0.25) is 5.91 Å². The molecule has 130 valence electrons. The van der Waals surface area contributed by atoms with E-state index in [1.807, 2.05) is 66.7 Å². The fourth-order valence-electron chi connectivity index (χ4n) is 2.51. The van der Waals surface area contributed by atoms with E-state index < -0.39 is 0 Å². The fourth-order valence-corrected chi connectivity index (χ4v) is 2.51. The lowest BCUT2D eigenvalue weighted by molar-refractivity contribution is -0.117. The molecule has 0 aliphatic heterocycles. The van der Waals surface area contributed by atoms with Crippen molar-refractivity contribution in [3.05, 3.63) is 72.9 Å². The quantitative estimate of drug-likeness (QED) is 0.662. The van der Waals surface area contributed by atoms with E-state index in [0.717, 1.165) is 35.7 Å². The Labute approximate surface area is 152 Å². The largest absolute Gasteiger partial charge is 0.457 e. The van der Waals surface area contributed by atoms with Gasteiger partial charge in [-0.25, -0.2) is 4.98 Å². The number of nitrogens with one attached hydrogen (secondary N) is 2. The van der Waals surface area contributed by atoms with Gasteiger partial charge in [-0.15, -0.1) is 0 Å². The highest BCUT2D eigenvalue weighted by atomic mass is 16.5. The molecular formula is C21H19N3O2. The summed E-state index contributed by atoms with van der Waals surface area (Å²) in [4.78, 5) is 16.1. The zero-order valence-electron chi connectivity index (χ0n) is 14.2. The molecule has 26 heavy (non-hydrogen) atoms. The first-order valence-corrected chi connectivity index (χ1v) is 8.63. The van der Waals surface area contributed by atoms with Crippen molar-refractivity contribution < 1.29 is 9.53 Å². The predicted molar refractivity (Wildman–Crippen MR) is 102 cm³/mol. The summed E-state index contributed by atoms with van der Waals surface area (Å²) in [6, 6.07) is 21.0. The number of ether oxygens (including phenoxy) is 1. The van der Waals surface area contributed by atoms with Gasteiger partial charge in [0, 0.05) is 11.6 Å². The van der Waals surface area contributed by atoms with Gasteiger partial charge < -0.3 is 15.4 Å². The Balaban J connectivity index is 1.35. The predicted octanol–water partition coefficient (Wildman–Crippen LogP) is 4.97. The van der Waals surface area contributed by atoms with Crippen LogP contribution in [0.25, 0.3) is 0 Å². The number of carbonyl (C=O) groups excluding carboxylic acids is 1. The van der Waals surface area contributed by atoms with Crippen molar-refractivity contribution in [2.45, 2.75) is 12.8 Å². The number of nitrogens with zero attached hydrogens (tertiary/aromatic N) is 1. The molecule has 0 atom stereocenters. The third-order valence-corrected chi connectivity index (χ3v) is 4.08. The van der Waals surface area contributed by atoms with E-state index in [1.54, 1.807) is 6.20 Å². The highest BCUT2D eigenvalue weighted by Gasteiger charge is 2.29. The standard InChI is InChI=1S/C21H19N3O2/c25-21(15-6-7-15)24-17-10-13-20(22-14-17)23-16-8-11-19(12-9-16)26-18-4-2-1-3-5-18/h1-5,8-15H,6-7H2,(H,22,23)(H,24,25). The zero-order valence-corrected chi connectivity index (χ0v) is 14.2. The number of amides is 1. The van der Waals surface area contributed by atoms with Crippen LogP contribution >= 0.6 is 0 Å². The van der Waals surface area contributed by atoms with Gasteiger partial charge in [-0.05, 0) is 61.4 Å². The van der Waals surface area contributed by atoms with Gasteiger partial charge in [0.25, 0.3) is 0 Å². The van der Waals surface area contributed by atoms with Gasteiger partial charge in [0.15, 0.2) is 0 Å². The molecule has 0 saturated heterocycles. The molecule has 2 N–H and O–H groups in total. The van der Waals surface area contributed by atoms with Crippen LogP contribution < -0.4 is 15.4 Å². The Kier molecular flexibility index (Phi) is 4.51. The van der Waals surface area contributed by atoms with E-state index in [9.17, 15) is 4.79 Å². The van der Waals surface area contributed by atoms with E-state index >= 15 is 0 Å². The van der Waals surface area contributed by atoms with Crippen LogP contribution in [0.3, 0.4) is 0 Å². The third kappa shape index (κ3) is 4.19. The number of anilines is 3. The lowest BCUT2D eigenvalue weighted by atomic mass is 10.3. The van der Waals surface area contributed by atoms with Gasteiger partial charge >= 0.3 is 0 Å². The molecule has 1 amide bonds. The Bertz CT molecular complexity index is 873. The van der Waals surface area contributed by atoms with Crippen LogP contribution in [-0.4, -0.2) is 10.9 Å². The molecule has 3 aromatic rings. The average Bonchev–Trinajstić information content (AvgIpc) is 3.51. The fraction of sp³-hybridized carbons (Fsp3) is 0.143. The molecule has 0 spiro atoms. The SMILES string of the molecule is O=C(Nc1ccc(Nc2ccc(Oc3ccccc3)cc2)nc1)C1CC1. The number of carbonyl (C=O) groups is 1. The van der Waals surface area contributed by atoms with Gasteiger partial charge in [0.05, 0.1) is 11.9 Å². The third-order valence-electron chi connectivity index (χ3n) is 4.08. The second kappa shape index (κ2) is 7.27. The van der Waals surface area contributed by atoms with Gasteiger partial charge in [-0.1, -0.05) is 18.2 Å². The summed E-state index contributed by atoms with van der Waals surface area (Å²) in [5, 5.41) is 6.11. The van der Waals surface area contributed by atoms with E-state index in [4.69, 9.17) is 4.74 Å². The lowest BCUT2D eigenvalue weighted by Crippen LogP contribution is -2.13. The molecule has 4 rings (SSSR count). The summed E-state index contributed by atoms with van der Waals surface area (Å²) >= 11 is 0. The second-order valence-electron chi connectivity index (χ2n) is 6.26. The number of hydrogen-bond donors (Lipinski definition) is 2. The van der Waals surface area contributed by atoms with Gasteiger partial charge in [0.1, 0.15) is 17.3 Å². The van der Waals surface area contributed by atoms with Crippen molar-refractivity contribution in [2.75, 3.05) is 10.6 Å². The number of hydrogen-bond acceptors (Lipinski definition) is 4. The van der Waals surface area contributed by atoms with Crippen LogP contribution in [0, 0.1) is 5.92 Å². The topological polar surface area (TPSA) is 63.2 Å². The summed E-state index contributed by atoms with van der Waals surface area (Å²) in [6.45, 7) is 0. The summed E-state index contributed by atoms with van der Waals surface area (Å²) in [7, 11) is 0. The summed E-state index contributed by atoms with van der Waals surface area (Å²) < 4.78 is 5.78. The highest BCUT2D eigenvalue weighted by Crippen LogP contribution is 2.30. The maximum atomic E-state index is 11.7. The van der Waals surface area contributed by atoms with E-state index in [0.29, 0.717) is 5.82 Å². The molecule has 1 fully saturated rings. The van der Waals surface area contributed by atoms with E-state index in [2.05, 4.69) is 15.6 Å². The minimum absolute atomic E-state index is 0.0847. The first-order valence-electron chi connectivity index (χ1n) is 8.63. The normalized spacial score (nSPS) is 13.1. The molecule has 2 aromatic carbocycles. The first kappa shape index (κ1) is 16.1. The van der Waals surface area contributed by atoms with Crippen molar-refractivity contribution in [3.8, 4) is 11.5 Å². The second-order valence-corrected chi connectivity index (χ2v) is 6.26. The Hall–Kier alpha value is -3.34. The molecule has 1 saturated carbocycles. The van der Waals surface area contributed by atoms with Crippen molar-refractivity contribution in [1.29, 1.82) is 0 Å². The molecule has 1 aromatic heterocycles. The molecule has 1 aliphatic carbocycles. The number of aromatic nitrogens is 1. The Morgan fingerprint density at radius 2 is 1.58 bits per heavy atom. The lowest BCUT2D eigenvalue weighted by Gasteiger charge is -2.09. The van der Waals surface area contributed by atoms with Crippen LogP contribution in [-0.2, 0) is 4.79 Å². The molecule has 5 heteroatoms. The monoisotopic (exact) mass is 345 g/mol. The minimum atomic E-state index is 0.0847. The summed E-state index contributed by atoms with van der Waals surface area (Å²) in [5.74, 6) is 2.56. The molecular weight excluding hydrogens is 326 g/mol. The number of para-hydroxylation sites is 1. The van der Waals surface area contributed by atoms with E-state index in [-0.39, 0.29) is 11.8 Å². The van der Waals surface area contributed by atoms with E-state index in [1.165, 1.54) is 0 Å². The number of benzene rings is 2.